The van der Waals surface area contributed by atoms with E-state index >= 15 is 0 Å². The third-order valence-corrected chi connectivity index (χ3v) is 6.43. The van der Waals surface area contributed by atoms with Gasteiger partial charge in [0.1, 0.15) is 0 Å². The zero-order valence-electron chi connectivity index (χ0n) is 10.6. The second-order valence-electron chi connectivity index (χ2n) is 5.22. The number of rotatable bonds is 2. The molecule has 0 spiro atoms. The Morgan fingerprint density at radius 2 is 1.81 bits per heavy atom. The third kappa shape index (κ3) is 2.09. The fourth-order valence-electron chi connectivity index (χ4n) is 2.67. The molecule has 1 aromatic rings. The maximum atomic E-state index is 6.21. The highest BCUT2D eigenvalue weighted by molar-refractivity contribution is 6.58. The summed E-state index contributed by atoms with van der Waals surface area (Å²) in [5.41, 5.74) is 2.75. The van der Waals surface area contributed by atoms with Gasteiger partial charge in [0.25, 0.3) is 0 Å². The SMILES string of the molecule is Cc1ccc(C2([SiH](C)C)CCCCO2)cc1. The number of ether oxygens (including phenoxy) is 1. The maximum Gasteiger partial charge on any atom is 0.0787 e. The molecule has 2 rings (SSSR count). The number of benzene rings is 1. The second-order valence-corrected chi connectivity index (χ2v) is 8.46. The average molecular weight is 234 g/mol. The van der Waals surface area contributed by atoms with E-state index < -0.39 is 8.80 Å². The van der Waals surface area contributed by atoms with Gasteiger partial charge in [0, 0.05) is 6.61 Å². The van der Waals surface area contributed by atoms with Crippen molar-refractivity contribution in [2.24, 2.45) is 0 Å². The number of aryl methyl sites for hydroxylation is 1. The Morgan fingerprint density at radius 1 is 1.12 bits per heavy atom. The Kier molecular flexibility index (Phi) is 3.50. The largest absolute Gasteiger partial charge is 0.374 e. The summed E-state index contributed by atoms with van der Waals surface area (Å²) in [6.45, 7) is 7.90. The minimum atomic E-state index is -0.852. The second kappa shape index (κ2) is 4.72. The quantitative estimate of drug-likeness (QED) is 0.713. The summed E-state index contributed by atoms with van der Waals surface area (Å²) in [6, 6.07) is 8.97. The van der Waals surface area contributed by atoms with Crippen LogP contribution in [0, 0.1) is 6.92 Å². The molecule has 2 heteroatoms. The van der Waals surface area contributed by atoms with E-state index in [1.165, 1.54) is 30.4 Å². The van der Waals surface area contributed by atoms with Crippen LogP contribution in [0.25, 0.3) is 0 Å². The minimum Gasteiger partial charge on any atom is -0.374 e. The van der Waals surface area contributed by atoms with Crippen molar-refractivity contribution in [1.29, 1.82) is 0 Å². The van der Waals surface area contributed by atoms with Gasteiger partial charge < -0.3 is 4.74 Å². The summed E-state index contributed by atoms with van der Waals surface area (Å²) in [4.78, 5) is 0. The summed E-state index contributed by atoms with van der Waals surface area (Å²) in [5.74, 6) is 0. The van der Waals surface area contributed by atoms with Crippen LogP contribution in [0.3, 0.4) is 0 Å². The molecule has 0 bridgehead atoms. The zero-order chi connectivity index (χ0) is 11.6. The molecule has 1 aliphatic heterocycles. The molecule has 16 heavy (non-hydrogen) atoms. The first-order valence-electron chi connectivity index (χ1n) is 6.36. The normalized spacial score (nSPS) is 26.0. The smallest absolute Gasteiger partial charge is 0.0787 e. The van der Waals surface area contributed by atoms with Crippen LogP contribution in [0.15, 0.2) is 24.3 Å². The summed E-state index contributed by atoms with van der Waals surface area (Å²) in [6.07, 6.45) is 3.77. The van der Waals surface area contributed by atoms with Crippen LogP contribution in [-0.2, 0) is 9.96 Å². The molecule has 1 aromatic carbocycles. The molecule has 1 aliphatic rings. The van der Waals surface area contributed by atoms with Crippen molar-refractivity contribution in [2.45, 2.75) is 44.5 Å². The molecular formula is C14H22OSi. The lowest BCUT2D eigenvalue weighted by molar-refractivity contribution is -0.0264. The highest BCUT2D eigenvalue weighted by atomic mass is 28.3. The molecular weight excluding hydrogens is 212 g/mol. The predicted octanol–water partition coefficient (Wildman–Crippen LogP) is 3.42. The summed E-state index contributed by atoms with van der Waals surface area (Å²) in [7, 11) is -0.852. The molecule has 0 saturated carbocycles. The van der Waals surface area contributed by atoms with Crippen molar-refractivity contribution in [1.82, 2.24) is 0 Å². The van der Waals surface area contributed by atoms with Crippen molar-refractivity contribution in [3.63, 3.8) is 0 Å². The van der Waals surface area contributed by atoms with Gasteiger partial charge in [0.2, 0.25) is 0 Å². The van der Waals surface area contributed by atoms with E-state index in [1.807, 2.05) is 0 Å². The molecule has 0 radical (unpaired) electrons. The van der Waals surface area contributed by atoms with E-state index in [-0.39, 0.29) is 5.22 Å². The van der Waals surface area contributed by atoms with Gasteiger partial charge >= 0.3 is 0 Å². The minimum absolute atomic E-state index is 0.103. The van der Waals surface area contributed by atoms with E-state index in [9.17, 15) is 0 Å². The van der Waals surface area contributed by atoms with Crippen LogP contribution in [0.4, 0.5) is 0 Å². The first kappa shape index (κ1) is 11.9. The van der Waals surface area contributed by atoms with Gasteiger partial charge in [-0.15, -0.1) is 0 Å². The Morgan fingerprint density at radius 3 is 2.31 bits per heavy atom. The van der Waals surface area contributed by atoms with Gasteiger partial charge in [0.15, 0.2) is 0 Å². The molecule has 1 heterocycles. The maximum absolute atomic E-state index is 6.21. The highest BCUT2D eigenvalue weighted by Gasteiger charge is 2.38. The van der Waals surface area contributed by atoms with Crippen molar-refractivity contribution in [3.8, 4) is 0 Å². The van der Waals surface area contributed by atoms with Crippen molar-refractivity contribution in [3.05, 3.63) is 35.4 Å². The van der Waals surface area contributed by atoms with E-state index in [0.717, 1.165) is 6.61 Å². The lowest BCUT2D eigenvalue weighted by Crippen LogP contribution is -2.44. The van der Waals surface area contributed by atoms with Gasteiger partial charge in [-0.3, -0.25) is 0 Å². The first-order valence-corrected chi connectivity index (χ1v) is 9.25. The van der Waals surface area contributed by atoms with E-state index in [4.69, 9.17) is 4.74 Å². The topological polar surface area (TPSA) is 9.23 Å². The molecule has 1 fully saturated rings. The first-order chi connectivity index (χ1) is 7.65. The van der Waals surface area contributed by atoms with Crippen LogP contribution >= 0.6 is 0 Å². The number of hydrogen-bond donors (Lipinski definition) is 0. The van der Waals surface area contributed by atoms with Crippen LogP contribution in [0.1, 0.15) is 30.4 Å². The Balaban J connectivity index is 2.34. The Hall–Kier alpha value is -0.603. The monoisotopic (exact) mass is 234 g/mol. The summed E-state index contributed by atoms with van der Waals surface area (Å²) < 4.78 is 6.21. The van der Waals surface area contributed by atoms with Gasteiger partial charge in [-0.2, -0.15) is 0 Å². The van der Waals surface area contributed by atoms with Gasteiger partial charge in [-0.05, 0) is 31.7 Å². The third-order valence-electron chi connectivity index (χ3n) is 3.77. The van der Waals surface area contributed by atoms with Crippen LogP contribution < -0.4 is 0 Å². The predicted molar refractivity (Wildman–Crippen MR) is 71.5 cm³/mol. The molecule has 0 aromatic heterocycles. The molecule has 0 N–H and O–H groups in total. The summed E-state index contributed by atoms with van der Waals surface area (Å²) >= 11 is 0. The Bertz CT molecular complexity index is 336. The Labute approximate surface area is 100 Å². The van der Waals surface area contributed by atoms with Gasteiger partial charge in [-0.25, -0.2) is 0 Å². The molecule has 1 atom stereocenters. The van der Waals surface area contributed by atoms with E-state index in [0.29, 0.717) is 0 Å². The lowest BCUT2D eigenvalue weighted by atomic mass is 9.99. The summed E-state index contributed by atoms with van der Waals surface area (Å²) in [5, 5.41) is 0.103. The van der Waals surface area contributed by atoms with E-state index in [2.05, 4.69) is 44.3 Å². The fourth-order valence-corrected chi connectivity index (χ4v) is 4.76. The molecule has 0 aliphatic carbocycles. The standard InChI is InChI=1S/C14H22OSi/c1-12-6-8-13(9-7-12)14(16(2)3)10-4-5-11-15-14/h6-9,16H,4-5,10-11H2,1-3H3. The van der Waals surface area contributed by atoms with Gasteiger partial charge in [-0.1, -0.05) is 42.9 Å². The van der Waals surface area contributed by atoms with E-state index in [1.54, 1.807) is 0 Å². The van der Waals surface area contributed by atoms with Crippen LogP contribution in [0.5, 0.6) is 0 Å². The molecule has 1 saturated heterocycles. The highest BCUT2D eigenvalue weighted by Crippen LogP contribution is 2.37. The molecule has 1 nitrogen and oxygen atoms in total. The van der Waals surface area contributed by atoms with Crippen molar-refractivity contribution < 1.29 is 4.74 Å². The zero-order valence-corrected chi connectivity index (χ0v) is 11.8. The van der Waals surface area contributed by atoms with Crippen LogP contribution in [-0.4, -0.2) is 15.4 Å². The molecule has 88 valence electrons. The van der Waals surface area contributed by atoms with Crippen molar-refractivity contribution >= 4 is 8.80 Å². The van der Waals surface area contributed by atoms with Gasteiger partial charge in [0.05, 0.1) is 14.0 Å². The average Bonchev–Trinajstić information content (AvgIpc) is 2.30. The lowest BCUT2D eigenvalue weighted by Gasteiger charge is -2.41. The molecule has 0 amide bonds. The fraction of sp³-hybridized carbons (Fsp3) is 0.571. The molecule has 1 unspecified atom stereocenters. The van der Waals surface area contributed by atoms with Crippen LogP contribution in [0.2, 0.25) is 13.1 Å². The number of hydrogen-bond acceptors (Lipinski definition) is 1. The van der Waals surface area contributed by atoms with Crippen molar-refractivity contribution in [2.75, 3.05) is 6.61 Å².